The predicted octanol–water partition coefficient (Wildman–Crippen LogP) is 8.01. The molecule has 0 N–H and O–H groups in total. The van der Waals surface area contributed by atoms with Gasteiger partial charge in [0.25, 0.3) is 0 Å². The summed E-state index contributed by atoms with van der Waals surface area (Å²) in [5.74, 6) is 0. The molecule has 0 rings (SSSR count). The molecule has 3 heteroatoms. The van der Waals surface area contributed by atoms with Crippen molar-refractivity contribution in [3.63, 3.8) is 0 Å². The molecule has 0 aromatic rings. The molecule has 0 nitrogen and oxygen atoms in total. The van der Waals surface area contributed by atoms with Gasteiger partial charge < -0.3 is 0 Å². The van der Waals surface area contributed by atoms with E-state index in [0.717, 1.165) is 11.3 Å². The molecule has 0 fully saturated rings. The average molecular weight is 463 g/mol. The molecular weight excluding hydrogens is 423 g/mol. The van der Waals surface area contributed by atoms with Crippen molar-refractivity contribution >= 4 is 55.8 Å². The molecule has 0 aromatic heterocycles. The molecule has 0 saturated carbocycles. The van der Waals surface area contributed by atoms with Crippen molar-refractivity contribution in [2.24, 2.45) is 0 Å². The van der Waals surface area contributed by atoms with Crippen LogP contribution in [0.2, 0.25) is 8.87 Å². The van der Waals surface area contributed by atoms with Gasteiger partial charge in [-0.25, -0.2) is 0 Å². The van der Waals surface area contributed by atoms with Gasteiger partial charge in [-0.15, -0.1) is 0 Å². The van der Waals surface area contributed by atoms with Crippen LogP contribution in [-0.4, -0.2) is 31.4 Å². The third kappa shape index (κ3) is 28.1. The van der Waals surface area contributed by atoms with Gasteiger partial charge in [0.15, 0.2) is 0 Å². The summed E-state index contributed by atoms with van der Waals surface area (Å²) in [6.45, 7) is 6.84. The van der Waals surface area contributed by atoms with Crippen LogP contribution >= 0.6 is 24.4 Å². The Kier molecular flexibility index (Phi) is 28.7. The molecule has 0 aromatic carbocycles. The van der Waals surface area contributed by atoms with E-state index < -0.39 is 0 Å². The molecule has 23 heavy (non-hydrogen) atoms. The molecule has 0 saturated heterocycles. The molecular formula is C20H40S2Sn. The third-order valence-corrected chi connectivity index (χ3v) is 8.61. The number of rotatable bonds is 16. The van der Waals surface area contributed by atoms with Gasteiger partial charge in [-0.05, 0) is 12.8 Å². The standard InChI is InChI=1S/C12H22S2.2C4H9.Sn/c1-2-3-4-5-6-7-8-9-10-12(14)11-13;2*1-3-4-2;/h11H,2-10H2,1H3;2*1,3-4H2,2H3;. The second-order valence-electron chi connectivity index (χ2n) is 6.27. The molecule has 136 valence electrons. The van der Waals surface area contributed by atoms with Gasteiger partial charge in [-0.1, -0.05) is 76.3 Å². The van der Waals surface area contributed by atoms with Gasteiger partial charge in [0.2, 0.25) is 0 Å². The van der Waals surface area contributed by atoms with E-state index in [2.05, 4.69) is 20.8 Å². The first-order valence-corrected chi connectivity index (χ1v) is 14.8. The van der Waals surface area contributed by atoms with Crippen LogP contribution < -0.4 is 0 Å². The summed E-state index contributed by atoms with van der Waals surface area (Å²) in [6.07, 6.45) is 17.7. The predicted molar refractivity (Wildman–Crippen MR) is 119 cm³/mol. The summed E-state index contributed by atoms with van der Waals surface area (Å²) in [5.41, 5.74) is 0. The minimum absolute atomic E-state index is 0.149. The van der Waals surface area contributed by atoms with Crippen LogP contribution in [-0.2, 0) is 0 Å². The Hall–Kier alpha value is 0.979. The summed E-state index contributed by atoms with van der Waals surface area (Å²) in [5, 5.41) is 1.64. The van der Waals surface area contributed by atoms with E-state index in [1.807, 2.05) is 0 Å². The normalized spacial score (nSPS) is 10.0. The van der Waals surface area contributed by atoms with Gasteiger partial charge in [-0.3, -0.25) is 0 Å². The van der Waals surface area contributed by atoms with Crippen molar-refractivity contribution in [2.45, 2.75) is 113 Å². The monoisotopic (exact) mass is 464 g/mol. The SMILES string of the molecule is CCCCCCCCCCC(=S)C=S.CCC[CH2][Sn][CH2]CCC. The molecule has 0 unspecified atom stereocenters. The van der Waals surface area contributed by atoms with Crippen LogP contribution in [0.5, 0.6) is 0 Å². The molecule has 0 aliphatic carbocycles. The van der Waals surface area contributed by atoms with E-state index in [1.165, 1.54) is 77.0 Å². The van der Waals surface area contributed by atoms with Crippen LogP contribution in [0.25, 0.3) is 0 Å². The Morgan fingerprint density at radius 2 is 1.13 bits per heavy atom. The first kappa shape index (κ1) is 26.2. The molecule has 0 aliphatic heterocycles. The Labute approximate surface area is 168 Å². The van der Waals surface area contributed by atoms with Gasteiger partial charge in [0.05, 0.1) is 0 Å². The summed E-state index contributed by atoms with van der Waals surface area (Å²) in [7, 11) is 0. The van der Waals surface area contributed by atoms with Crippen LogP contribution in [0.1, 0.15) is 104 Å². The molecule has 0 spiro atoms. The summed E-state index contributed by atoms with van der Waals surface area (Å²) >= 11 is 9.94. The maximum absolute atomic E-state index is 5.03. The summed E-state index contributed by atoms with van der Waals surface area (Å²) < 4.78 is 3.25. The van der Waals surface area contributed by atoms with Gasteiger partial charge in [0, 0.05) is 10.2 Å². The van der Waals surface area contributed by atoms with Crippen LogP contribution in [0.15, 0.2) is 0 Å². The van der Waals surface area contributed by atoms with E-state index in [0.29, 0.717) is 0 Å². The first-order chi connectivity index (χ1) is 11.2. The third-order valence-electron chi connectivity index (χ3n) is 3.82. The number of hydrogen-bond donors (Lipinski definition) is 0. The Bertz CT molecular complexity index is 236. The Morgan fingerprint density at radius 1 is 0.696 bits per heavy atom. The second kappa shape index (κ2) is 25.2. The quantitative estimate of drug-likeness (QED) is 0.129. The fourth-order valence-electron chi connectivity index (χ4n) is 2.22. The van der Waals surface area contributed by atoms with Crippen molar-refractivity contribution in [1.29, 1.82) is 0 Å². The fourth-order valence-corrected chi connectivity index (χ4v) is 6.64. The molecule has 0 bridgehead atoms. The van der Waals surface area contributed by atoms with E-state index in [9.17, 15) is 0 Å². The number of hydrogen-bond acceptors (Lipinski definition) is 2. The van der Waals surface area contributed by atoms with Crippen molar-refractivity contribution < 1.29 is 0 Å². The molecule has 0 heterocycles. The zero-order valence-corrected chi connectivity index (χ0v) is 20.5. The van der Waals surface area contributed by atoms with E-state index >= 15 is 0 Å². The van der Waals surface area contributed by atoms with Crippen LogP contribution in [0.3, 0.4) is 0 Å². The van der Waals surface area contributed by atoms with Crippen molar-refractivity contribution in [3.8, 4) is 0 Å². The van der Waals surface area contributed by atoms with Gasteiger partial charge in [0.1, 0.15) is 0 Å². The first-order valence-electron chi connectivity index (χ1n) is 9.91. The van der Waals surface area contributed by atoms with Gasteiger partial charge in [-0.2, -0.15) is 0 Å². The fraction of sp³-hybridized carbons (Fsp3) is 0.900. The zero-order valence-electron chi connectivity index (χ0n) is 16.0. The van der Waals surface area contributed by atoms with Crippen molar-refractivity contribution in [1.82, 2.24) is 0 Å². The van der Waals surface area contributed by atoms with Crippen molar-refractivity contribution in [3.05, 3.63) is 0 Å². The molecule has 0 aliphatic rings. The van der Waals surface area contributed by atoms with Crippen molar-refractivity contribution in [2.75, 3.05) is 0 Å². The molecule has 0 atom stereocenters. The Balaban J connectivity index is 0. The summed E-state index contributed by atoms with van der Waals surface area (Å²) in [4.78, 5) is 0.950. The van der Waals surface area contributed by atoms with E-state index in [4.69, 9.17) is 24.4 Å². The van der Waals surface area contributed by atoms with Gasteiger partial charge >= 0.3 is 69.5 Å². The minimum atomic E-state index is 0.149. The van der Waals surface area contributed by atoms with E-state index in [-0.39, 0.29) is 21.1 Å². The van der Waals surface area contributed by atoms with Crippen LogP contribution in [0, 0.1) is 0 Å². The molecule has 0 amide bonds. The number of thiocarbonyl (C=S) groups is 2. The maximum atomic E-state index is 5.03. The summed E-state index contributed by atoms with van der Waals surface area (Å²) in [6, 6.07) is 0. The molecule has 2 radical (unpaired) electrons. The number of unbranched alkanes of at least 4 members (excludes halogenated alkanes) is 9. The zero-order chi connectivity index (χ0) is 17.6. The Morgan fingerprint density at radius 3 is 1.57 bits per heavy atom. The average Bonchev–Trinajstić information content (AvgIpc) is 2.57. The van der Waals surface area contributed by atoms with Crippen LogP contribution in [0.4, 0.5) is 0 Å². The topological polar surface area (TPSA) is 0 Å². The van der Waals surface area contributed by atoms with E-state index in [1.54, 1.807) is 14.2 Å². The second-order valence-corrected chi connectivity index (χ2v) is 11.3.